The first kappa shape index (κ1) is 19.0. The summed E-state index contributed by atoms with van der Waals surface area (Å²) in [6, 6.07) is 1.20. The summed E-state index contributed by atoms with van der Waals surface area (Å²) >= 11 is 0. The van der Waals surface area contributed by atoms with Gasteiger partial charge in [0.2, 0.25) is 0 Å². The molecule has 0 saturated heterocycles. The molecule has 0 aromatic carbocycles. The van der Waals surface area contributed by atoms with Gasteiger partial charge in [0.25, 0.3) is 0 Å². The molecule has 2 N–H and O–H groups in total. The summed E-state index contributed by atoms with van der Waals surface area (Å²) in [5.74, 6) is 0.970. The van der Waals surface area contributed by atoms with Crippen LogP contribution in [-0.2, 0) is 6.54 Å². The molecule has 1 aliphatic rings. The number of hydrogen-bond donors (Lipinski definition) is 1. The lowest BCUT2D eigenvalue weighted by Crippen LogP contribution is -2.18. The summed E-state index contributed by atoms with van der Waals surface area (Å²) in [5.41, 5.74) is 7.22. The number of ether oxygens (including phenoxy) is 1. The van der Waals surface area contributed by atoms with Crippen LogP contribution >= 0.6 is 0 Å². The van der Waals surface area contributed by atoms with Crippen molar-refractivity contribution in [1.82, 2.24) is 19.5 Å². The molecule has 0 unspecified atom stereocenters. The van der Waals surface area contributed by atoms with Crippen molar-refractivity contribution in [2.75, 3.05) is 5.73 Å². The molecule has 7 nitrogen and oxygen atoms in total. The molecule has 4 rings (SSSR count). The number of oxazole rings is 1. The highest BCUT2D eigenvalue weighted by atomic mass is 19.4. The molecule has 3 heterocycles. The fourth-order valence-electron chi connectivity index (χ4n) is 2.99. The van der Waals surface area contributed by atoms with E-state index in [2.05, 4.69) is 26.3 Å². The van der Waals surface area contributed by atoms with Gasteiger partial charge in [0.05, 0.1) is 11.9 Å². The zero-order valence-electron chi connectivity index (χ0n) is 15.3. The fourth-order valence-corrected chi connectivity index (χ4v) is 2.99. The SMILES string of the molecule is C=C(CCn1cc(-c2cnc(N)c(OC(F)(F)F)c2)nc1C1CC1)c1cnco1. The number of imidazole rings is 1. The molecule has 0 radical (unpaired) electrons. The lowest BCUT2D eigenvalue weighted by Gasteiger charge is -2.11. The molecule has 152 valence electrons. The van der Waals surface area contributed by atoms with Crippen molar-refractivity contribution in [1.29, 1.82) is 0 Å². The topological polar surface area (TPSA) is 92.0 Å². The van der Waals surface area contributed by atoms with Crippen molar-refractivity contribution in [2.24, 2.45) is 0 Å². The predicted molar refractivity (Wildman–Crippen MR) is 98.7 cm³/mol. The van der Waals surface area contributed by atoms with Gasteiger partial charge in [0, 0.05) is 30.4 Å². The largest absolute Gasteiger partial charge is 0.573 e. The Balaban J connectivity index is 1.58. The number of nitrogen functional groups attached to an aromatic ring is 1. The first-order chi connectivity index (χ1) is 13.8. The van der Waals surface area contributed by atoms with E-state index in [0.717, 1.165) is 24.2 Å². The first-order valence-corrected chi connectivity index (χ1v) is 8.95. The van der Waals surface area contributed by atoms with Gasteiger partial charge in [-0.15, -0.1) is 13.2 Å². The lowest BCUT2D eigenvalue weighted by atomic mass is 10.2. The van der Waals surface area contributed by atoms with Gasteiger partial charge in [-0.25, -0.2) is 15.0 Å². The van der Waals surface area contributed by atoms with Gasteiger partial charge >= 0.3 is 6.36 Å². The maximum absolute atomic E-state index is 12.6. The molecule has 1 fully saturated rings. The molecule has 1 aliphatic carbocycles. The Morgan fingerprint density at radius 3 is 2.79 bits per heavy atom. The van der Waals surface area contributed by atoms with Gasteiger partial charge in [-0.05, 0) is 30.9 Å². The number of aryl methyl sites for hydroxylation is 1. The molecule has 10 heteroatoms. The highest BCUT2D eigenvalue weighted by Gasteiger charge is 2.33. The molecule has 3 aromatic heterocycles. The highest BCUT2D eigenvalue weighted by Crippen LogP contribution is 2.41. The number of nitrogens with two attached hydrogens (primary N) is 1. The third-order valence-electron chi connectivity index (χ3n) is 4.59. The molecule has 0 aliphatic heterocycles. The number of rotatable bonds is 7. The second-order valence-electron chi connectivity index (χ2n) is 6.83. The average Bonchev–Trinajstić information content (AvgIpc) is 3.18. The Bertz CT molecular complexity index is 1020. The highest BCUT2D eigenvalue weighted by molar-refractivity contribution is 5.64. The first-order valence-electron chi connectivity index (χ1n) is 8.95. The van der Waals surface area contributed by atoms with Crippen LogP contribution in [0.2, 0.25) is 0 Å². The predicted octanol–water partition coefficient (Wildman–Crippen LogP) is 4.39. The zero-order valence-corrected chi connectivity index (χ0v) is 15.3. The van der Waals surface area contributed by atoms with Crippen molar-refractivity contribution in [3.8, 4) is 17.0 Å². The molecule has 1 saturated carbocycles. The molecule has 0 amide bonds. The monoisotopic (exact) mass is 405 g/mol. The summed E-state index contributed by atoms with van der Waals surface area (Å²) < 4.78 is 49.0. The van der Waals surface area contributed by atoms with Gasteiger partial charge in [-0.3, -0.25) is 0 Å². The van der Waals surface area contributed by atoms with Crippen LogP contribution < -0.4 is 10.5 Å². The number of alkyl halides is 3. The Kier molecular flexibility index (Phi) is 4.77. The second kappa shape index (κ2) is 7.26. The molecule has 0 atom stereocenters. The second-order valence-corrected chi connectivity index (χ2v) is 6.83. The Labute approximate surface area is 164 Å². The number of allylic oxidation sites excluding steroid dienone is 1. The van der Waals surface area contributed by atoms with E-state index in [-0.39, 0.29) is 5.82 Å². The van der Waals surface area contributed by atoms with Crippen molar-refractivity contribution in [3.05, 3.63) is 49.2 Å². The van der Waals surface area contributed by atoms with E-state index in [1.54, 1.807) is 12.4 Å². The van der Waals surface area contributed by atoms with Crippen molar-refractivity contribution < 1.29 is 22.3 Å². The molecule has 0 bridgehead atoms. The van der Waals surface area contributed by atoms with Crippen molar-refractivity contribution in [2.45, 2.75) is 38.1 Å². The summed E-state index contributed by atoms with van der Waals surface area (Å²) in [6.45, 7) is 4.61. The Morgan fingerprint density at radius 2 is 2.14 bits per heavy atom. The van der Waals surface area contributed by atoms with E-state index in [1.165, 1.54) is 18.7 Å². The lowest BCUT2D eigenvalue weighted by molar-refractivity contribution is -0.274. The van der Waals surface area contributed by atoms with Crippen LogP contribution in [0.3, 0.4) is 0 Å². The third-order valence-corrected chi connectivity index (χ3v) is 4.59. The summed E-state index contributed by atoms with van der Waals surface area (Å²) in [7, 11) is 0. The number of halogens is 3. The quantitative estimate of drug-likeness (QED) is 0.627. The Morgan fingerprint density at radius 1 is 1.34 bits per heavy atom. The van der Waals surface area contributed by atoms with Crippen LogP contribution in [0.5, 0.6) is 5.75 Å². The van der Waals surface area contributed by atoms with E-state index < -0.39 is 12.1 Å². The van der Waals surface area contributed by atoms with Gasteiger partial charge in [0.15, 0.2) is 18.0 Å². The van der Waals surface area contributed by atoms with E-state index in [4.69, 9.17) is 10.2 Å². The molecule has 29 heavy (non-hydrogen) atoms. The van der Waals surface area contributed by atoms with Crippen molar-refractivity contribution >= 4 is 11.4 Å². The molecular formula is C19H18F3N5O2. The molecule has 0 spiro atoms. The third kappa shape index (κ3) is 4.41. The van der Waals surface area contributed by atoms with Crippen LogP contribution in [-0.4, -0.2) is 25.9 Å². The standard InChI is InChI=1S/C19H18F3N5O2/c1-11(16-8-24-10-28-16)4-5-27-9-14(26-18(27)12-2-3-12)13-6-15(17(23)25-7-13)29-19(20,21)22/h6-10,12H,1-5H2,(H2,23,25). The molecule has 3 aromatic rings. The number of pyridine rings is 1. The van der Waals surface area contributed by atoms with Gasteiger partial charge < -0.3 is 19.5 Å². The molecular weight excluding hydrogens is 387 g/mol. The maximum Gasteiger partial charge on any atom is 0.573 e. The minimum Gasteiger partial charge on any atom is -0.444 e. The van der Waals surface area contributed by atoms with Gasteiger partial charge in [-0.1, -0.05) is 6.58 Å². The van der Waals surface area contributed by atoms with Gasteiger partial charge in [-0.2, -0.15) is 0 Å². The number of nitrogens with zero attached hydrogens (tertiary/aromatic N) is 4. The number of aromatic nitrogens is 4. The smallest absolute Gasteiger partial charge is 0.444 e. The normalized spacial score (nSPS) is 14.2. The number of hydrogen-bond acceptors (Lipinski definition) is 6. The maximum atomic E-state index is 12.6. The van der Waals surface area contributed by atoms with E-state index in [0.29, 0.717) is 35.9 Å². The minimum atomic E-state index is -4.85. The van der Waals surface area contributed by atoms with Crippen LogP contribution in [0.4, 0.5) is 19.0 Å². The summed E-state index contributed by atoms with van der Waals surface area (Å²) in [6.07, 6.45) is 3.96. The van der Waals surface area contributed by atoms with E-state index in [1.807, 2.05) is 4.57 Å². The minimum absolute atomic E-state index is 0.337. The summed E-state index contributed by atoms with van der Waals surface area (Å²) in [4.78, 5) is 12.3. The van der Waals surface area contributed by atoms with Crippen LogP contribution in [0.25, 0.3) is 16.8 Å². The van der Waals surface area contributed by atoms with Crippen molar-refractivity contribution in [3.63, 3.8) is 0 Å². The Hall–Kier alpha value is -3.30. The summed E-state index contributed by atoms with van der Waals surface area (Å²) in [5, 5.41) is 0. The number of anilines is 1. The van der Waals surface area contributed by atoms with E-state index in [9.17, 15) is 13.2 Å². The van der Waals surface area contributed by atoms with E-state index >= 15 is 0 Å². The zero-order chi connectivity index (χ0) is 20.6. The average molecular weight is 405 g/mol. The van der Waals surface area contributed by atoms with Crippen LogP contribution in [0, 0.1) is 0 Å². The van der Waals surface area contributed by atoms with Crippen LogP contribution in [0.15, 0.2) is 42.0 Å². The fraction of sp³-hybridized carbons (Fsp3) is 0.316. The van der Waals surface area contributed by atoms with Gasteiger partial charge in [0.1, 0.15) is 11.6 Å². The van der Waals surface area contributed by atoms with Crippen LogP contribution in [0.1, 0.15) is 36.8 Å².